The second kappa shape index (κ2) is 10.4. The van der Waals surface area contributed by atoms with Gasteiger partial charge in [-0.05, 0) is 49.4 Å². The van der Waals surface area contributed by atoms with Crippen molar-refractivity contribution in [1.29, 1.82) is 0 Å². The fraction of sp³-hybridized carbons (Fsp3) is 0.450. The van der Waals surface area contributed by atoms with Gasteiger partial charge in [-0.3, -0.25) is 4.79 Å². The zero-order valence-electron chi connectivity index (χ0n) is 16.1. The molecular formula is C20H26ClN5OS. The zero-order valence-corrected chi connectivity index (χ0v) is 17.6. The van der Waals surface area contributed by atoms with Gasteiger partial charge >= 0.3 is 0 Å². The van der Waals surface area contributed by atoms with Gasteiger partial charge in [0.2, 0.25) is 5.28 Å². The van der Waals surface area contributed by atoms with Gasteiger partial charge in [0.05, 0.1) is 15.2 Å². The van der Waals surface area contributed by atoms with Crippen LogP contribution in [0.2, 0.25) is 5.28 Å². The predicted molar refractivity (Wildman–Crippen MR) is 117 cm³/mol. The SMILES string of the molecule is CCCCNc1nc(Cl)[nH]c1C(=O)NCCCCCc1nc2ccccc2s1. The number of anilines is 1. The fourth-order valence-electron chi connectivity index (χ4n) is 2.92. The summed E-state index contributed by atoms with van der Waals surface area (Å²) in [5.41, 5.74) is 1.48. The highest BCUT2D eigenvalue weighted by molar-refractivity contribution is 7.18. The Labute approximate surface area is 174 Å². The summed E-state index contributed by atoms with van der Waals surface area (Å²) in [5, 5.41) is 7.51. The number of para-hydroxylation sites is 1. The van der Waals surface area contributed by atoms with E-state index in [4.69, 9.17) is 11.6 Å². The summed E-state index contributed by atoms with van der Waals surface area (Å²) in [7, 11) is 0. The maximum atomic E-state index is 12.4. The first-order chi connectivity index (χ1) is 13.7. The number of carbonyl (C=O) groups is 1. The molecule has 0 saturated heterocycles. The molecule has 1 amide bonds. The number of aryl methyl sites for hydroxylation is 1. The van der Waals surface area contributed by atoms with Crippen LogP contribution in [0.5, 0.6) is 0 Å². The number of hydrogen-bond acceptors (Lipinski definition) is 5. The van der Waals surface area contributed by atoms with E-state index >= 15 is 0 Å². The quantitative estimate of drug-likeness (QED) is 0.381. The Morgan fingerprint density at radius 2 is 2.00 bits per heavy atom. The number of benzene rings is 1. The van der Waals surface area contributed by atoms with E-state index in [2.05, 4.69) is 44.6 Å². The highest BCUT2D eigenvalue weighted by Crippen LogP contribution is 2.23. The van der Waals surface area contributed by atoms with Crippen molar-refractivity contribution >= 4 is 44.9 Å². The average Bonchev–Trinajstić information content (AvgIpc) is 3.27. The van der Waals surface area contributed by atoms with Gasteiger partial charge in [-0.15, -0.1) is 11.3 Å². The minimum Gasteiger partial charge on any atom is -0.368 e. The minimum absolute atomic E-state index is 0.176. The summed E-state index contributed by atoms with van der Waals surface area (Å²) >= 11 is 7.68. The van der Waals surface area contributed by atoms with E-state index < -0.39 is 0 Å². The lowest BCUT2D eigenvalue weighted by molar-refractivity contribution is 0.0949. The Morgan fingerprint density at radius 1 is 1.14 bits per heavy atom. The smallest absolute Gasteiger partial charge is 0.271 e. The zero-order chi connectivity index (χ0) is 19.8. The number of H-pyrrole nitrogens is 1. The molecule has 3 N–H and O–H groups in total. The van der Waals surface area contributed by atoms with Crippen molar-refractivity contribution in [3.8, 4) is 0 Å². The summed E-state index contributed by atoms with van der Waals surface area (Å²) < 4.78 is 1.24. The van der Waals surface area contributed by atoms with Gasteiger partial charge in [-0.25, -0.2) is 9.97 Å². The van der Waals surface area contributed by atoms with Crippen molar-refractivity contribution in [2.75, 3.05) is 18.4 Å². The Hall–Kier alpha value is -2.12. The third-order valence-corrected chi connectivity index (χ3v) is 5.69. The summed E-state index contributed by atoms with van der Waals surface area (Å²) in [5.74, 6) is 0.344. The van der Waals surface area contributed by atoms with E-state index in [9.17, 15) is 4.79 Å². The number of nitrogens with one attached hydrogen (secondary N) is 3. The number of aromatic amines is 1. The molecule has 0 radical (unpaired) electrons. The number of nitrogens with zero attached hydrogens (tertiary/aromatic N) is 2. The first-order valence-corrected chi connectivity index (χ1v) is 11.0. The summed E-state index contributed by atoms with van der Waals surface area (Å²) in [6, 6.07) is 8.23. The van der Waals surface area contributed by atoms with Crippen LogP contribution in [-0.2, 0) is 6.42 Å². The maximum absolute atomic E-state index is 12.4. The molecule has 0 atom stereocenters. The number of fused-ring (bicyclic) bond motifs is 1. The highest BCUT2D eigenvalue weighted by atomic mass is 35.5. The van der Waals surface area contributed by atoms with Crippen molar-refractivity contribution in [3.63, 3.8) is 0 Å². The van der Waals surface area contributed by atoms with Crippen LogP contribution < -0.4 is 10.6 Å². The third kappa shape index (κ3) is 5.69. The molecule has 0 bridgehead atoms. The Morgan fingerprint density at radius 3 is 2.82 bits per heavy atom. The van der Waals surface area contributed by atoms with Gasteiger partial charge in [0.25, 0.3) is 5.91 Å². The van der Waals surface area contributed by atoms with Gasteiger partial charge in [0, 0.05) is 13.1 Å². The van der Waals surface area contributed by atoms with Crippen LogP contribution in [0.25, 0.3) is 10.2 Å². The number of unbranched alkanes of at least 4 members (excludes halogenated alkanes) is 3. The van der Waals surface area contributed by atoms with Crippen molar-refractivity contribution in [2.45, 2.75) is 45.4 Å². The molecule has 3 aromatic rings. The van der Waals surface area contributed by atoms with E-state index in [0.717, 1.165) is 50.6 Å². The highest BCUT2D eigenvalue weighted by Gasteiger charge is 2.16. The largest absolute Gasteiger partial charge is 0.368 e. The molecule has 3 rings (SSSR count). The molecule has 0 aliphatic rings. The molecule has 1 aromatic carbocycles. The topological polar surface area (TPSA) is 82.7 Å². The number of carbonyl (C=O) groups excluding carboxylic acids is 1. The van der Waals surface area contributed by atoms with Gasteiger partial charge in [-0.1, -0.05) is 31.9 Å². The van der Waals surface area contributed by atoms with E-state index in [0.29, 0.717) is 18.1 Å². The number of hydrogen-bond donors (Lipinski definition) is 3. The lowest BCUT2D eigenvalue weighted by Gasteiger charge is -2.07. The lowest BCUT2D eigenvalue weighted by atomic mass is 10.2. The first kappa shape index (κ1) is 20.6. The molecule has 0 unspecified atom stereocenters. The number of thiazole rings is 1. The van der Waals surface area contributed by atoms with Crippen LogP contribution in [0.3, 0.4) is 0 Å². The summed E-state index contributed by atoms with van der Waals surface area (Å²) in [6.45, 7) is 3.51. The molecule has 0 spiro atoms. The van der Waals surface area contributed by atoms with Crippen molar-refractivity contribution in [2.24, 2.45) is 0 Å². The van der Waals surface area contributed by atoms with Crippen molar-refractivity contribution < 1.29 is 4.79 Å². The standard InChI is InChI=1S/C20H26ClN5OS/c1-2-3-12-22-18-17(25-20(21)26-18)19(27)23-13-8-4-5-11-16-24-14-9-6-7-10-15(14)28-16/h6-7,9-10,22H,2-5,8,11-13H2,1H3,(H,23,27)(H,25,26). The maximum Gasteiger partial charge on any atom is 0.271 e. The molecule has 150 valence electrons. The summed E-state index contributed by atoms with van der Waals surface area (Å²) in [4.78, 5) is 24.0. The van der Waals surface area contributed by atoms with Gasteiger partial charge in [0.1, 0.15) is 5.69 Å². The molecule has 8 heteroatoms. The molecular weight excluding hydrogens is 394 g/mol. The first-order valence-electron chi connectivity index (χ1n) is 9.79. The number of rotatable bonds is 11. The Kier molecular flexibility index (Phi) is 7.68. The molecule has 2 aromatic heterocycles. The number of amides is 1. The van der Waals surface area contributed by atoms with Gasteiger partial charge in [0.15, 0.2) is 5.82 Å². The fourth-order valence-corrected chi connectivity index (χ4v) is 4.10. The molecule has 2 heterocycles. The van der Waals surface area contributed by atoms with Crippen molar-refractivity contribution in [3.05, 3.63) is 40.3 Å². The van der Waals surface area contributed by atoms with Crippen LogP contribution in [0.4, 0.5) is 5.82 Å². The van der Waals surface area contributed by atoms with Crippen molar-refractivity contribution in [1.82, 2.24) is 20.3 Å². The van der Waals surface area contributed by atoms with E-state index in [-0.39, 0.29) is 11.2 Å². The second-order valence-electron chi connectivity index (χ2n) is 6.67. The number of imidazole rings is 1. The average molecular weight is 420 g/mol. The molecule has 28 heavy (non-hydrogen) atoms. The van der Waals surface area contributed by atoms with Gasteiger partial charge in [-0.2, -0.15) is 0 Å². The third-order valence-electron chi connectivity index (χ3n) is 4.42. The van der Waals surface area contributed by atoms with Gasteiger partial charge < -0.3 is 15.6 Å². The number of halogens is 1. The van der Waals surface area contributed by atoms with Crippen LogP contribution in [0, 0.1) is 0 Å². The molecule has 0 fully saturated rings. The van der Waals surface area contributed by atoms with E-state index in [1.807, 2.05) is 12.1 Å². The van der Waals surface area contributed by atoms with E-state index in [1.54, 1.807) is 11.3 Å². The minimum atomic E-state index is -0.176. The Balaban J connectivity index is 1.37. The number of aromatic nitrogens is 3. The molecule has 6 nitrogen and oxygen atoms in total. The Bertz CT molecular complexity index is 874. The van der Waals surface area contributed by atoms with Crippen LogP contribution >= 0.6 is 22.9 Å². The summed E-state index contributed by atoms with van der Waals surface area (Å²) in [6.07, 6.45) is 6.10. The predicted octanol–water partition coefficient (Wildman–Crippen LogP) is 5.03. The van der Waals surface area contributed by atoms with E-state index in [1.165, 1.54) is 9.71 Å². The normalized spacial score (nSPS) is 11.1. The molecule has 0 aliphatic carbocycles. The second-order valence-corrected chi connectivity index (χ2v) is 8.15. The molecule has 0 aliphatic heterocycles. The lowest BCUT2D eigenvalue weighted by Crippen LogP contribution is -2.25. The van der Waals surface area contributed by atoms with Crippen LogP contribution in [0.1, 0.15) is 54.5 Å². The monoisotopic (exact) mass is 419 g/mol. The van der Waals surface area contributed by atoms with Crippen LogP contribution in [-0.4, -0.2) is 33.9 Å². The van der Waals surface area contributed by atoms with Crippen LogP contribution in [0.15, 0.2) is 24.3 Å². The molecule has 0 saturated carbocycles.